The number of allylic oxidation sites excluding steroid dienone is 4. The van der Waals surface area contributed by atoms with E-state index in [2.05, 4.69) is 123 Å². The van der Waals surface area contributed by atoms with E-state index >= 15 is 0 Å². The zero-order chi connectivity index (χ0) is 29.3. The molecular formula is C39H34N4. The Kier molecular flexibility index (Phi) is 5.61. The van der Waals surface area contributed by atoms with Crippen molar-refractivity contribution < 1.29 is 0 Å². The van der Waals surface area contributed by atoms with Crippen molar-refractivity contribution in [3.63, 3.8) is 0 Å². The SMILES string of the molecule is CC1(C)c2ccccc2-n2c3ccccc3c3cc(-c4nc(C5=CC=CCC5)nc(-c5ccccc5)n4)cc(c32)C1(C)C. The van der Waals surface area contributed by atoms with E-state index in [1.54, 1.807) is 0 Å². The molecule has 6 aromatic rings. The first kappa shape index (κ1) is 25.8. The summed E-state index contributed by atoms with van der Waals surface area (Å²) < 4.78 is 2.49. The van der Waals surface area contributed by atoms with E-state index in [9.17, 15) is 0 Å². The molecule has 2 aromatic heterocycles. The summed E-state index contributed by atoms with van der Waals surface area (Å²) in [5.74, 6) is 2.18. The van der Waals surface area contributed by atoms with Gasteiger partial charge in [-0.1, -0.05) is 113 Å². The number of nitrogens with zero attached hydrogens (tertiary/aromatic N) is 4. The predicted molar refractivity (Wildman–Crippen MR) is 177 cm³/mol. The van der Waals surface area contributed by atoms with Gasteiger partial charge in [0.05, 0.1) is 11.0 Å². The Morgan fingerprint density at radius 3 is 2.09 bits per heavy atom. The smallest absolute Gasteiger partial charge is 0.164 e. The highest BCUT2D eigenvalue weighted by Crippen LogP contribution is 2.53. The molecule has 0 atom stereocenters. The predicted octanol–water partition coefficient (Wildman–Crippen LogP) is 9.60. The lowest BCUT2D eigenvalue weighted by molar-refractivity contribution is 0.307. The lowest BCUT2D eigenvalue weighted by Gasteiger charge is -2.42. The van der Waals surface area contributed by atoms with Crippen LogP contribution in [-0.4, -0.2) is 19.5 Å². The molecule has 0 amide bonds. The number of para-hydroxylation sites is 2. The van der Waals surface area contributed by atoms with Crippen molar-refractivity contribution in [3.8, 4) is 28.5 Å². The van der Waals surface area contributed by atoms with Crippen molar-refractivity contribution in [2.75, 3.05) is 0 Å². The standard InChI is InChI=1S/C39H34N4/c1-38(2)30-20-12-14-22-33(30)43-32-21-13-11-19-28(32)29-23-27(24-31(34(29)43)39(38,3)4)37-41-35(25-15-7-5-8-16-25)40-36(42-37)26-17-9-6-10-18-26/h5-9,11-17,19-24H,10,18H2,1-4H3. The first-order valence-electron chi connectivity index (χ1n) is 15.2. The summed E-state index contributed by atoms with van der Waals surface area (Å²) in [7, 11) is 0. The number of benzene rings is 4. The van der Waals surface area contributed by atoms with Crippen molar-refractivity contribution >= 4 is 27.4 Å². The first-order chi connectivity index (χ1) is 20.8. The third kappa shape index (κ3) is 3.79. The fourth-order valence-corrected chi connectivity index (χ4v) is 6.98. The second kappa shape index (κ2) is 9.34. The van der Waals surface area contributed by atoms with Gasteiger partial charge in [0.25, 0.3) is 0 Å². The van der Waals surface area contributed by atoms with Crippen LogP contribution in [0.15, 0.2) is 109 Å². The van der Waals surface area contributed by atoms with Gasteiger partial charge in [-0.2, -0.15) is 0 Å². The zero-order valence-electron chi connectivity index (χ0n) is 25.1. The first-order valence-corrected chi connectivity index (χ1v) is 15.2. The van der Waals surface area contributed by atoms with Gasteiger partial charge >= 0.3 is 0 Å². The number of aromatic nitrogens is 4. The Bertz CT molecular complexity index is 2130. The van der Waals surface area contributed by atoms with Crippen LogP contribution in [-0.2, 0) is 10.8 Å². The Hall–Kier alpha value is -4.83. The van der Waals surface area contributed by atoms with Gasteiger partial charge in [0.15, 0.2) is 17.5 Å². The Morgan fingerprint density at radius 1 is 0.628 bits per heavy atom. The summed E-state index contributed by atoms with van der Waals surface area (Å²) in [6.45, 7) is 9.55. The van der Waals surface area contributed by atoms with Gasteiger partial charge in [-0.15, -0.1) is 0 Å². The maximum atomic E-state index is 5.16. The molecule has 3 heterocycles. The van der Waals surface area contributed by atoms with E-state index in [0.717, 1.165) is 35.4 Å². The summed E-state index contributed by atoms with van der Waals surface area (Å²) in [5.41, 5.74) is 9.22. The average molecular weight is 559 g/mol. The summed E-state index contributed by atoms with van der Waals surface area (Å²) >= 11 is 0. The lowest BCUT2D eigenvalue weighted by Crippen LogP contribution is -2.40. The normalized spacial score (nSPS) is 16.6. The summed E-state index contributed by atoms with van der Waals surface area (Å²) in [6.07, 6.45) is 8.37. The lowest BCUT2D eigenvalue weighted by atomic mass is 9.61. The van der Waals surface area contributed by atoms with Crippen LogP contribution in [0.25, 0.3) is 55.8 Å². The Morgan fingerprint density at radius 2 is 1.30 bits per heavy atom. The van der Waals surface area contributed by atoms with Crippen LogP contribution in [0, 0.1) is 0 Å². The van der Waals surface area contributed by atoms with Gasteiger partial charge in [0.2, 0.25) is 0 Å². The number of hydrogen-bond donors (Lipinski definition) is 0. The van der Waals surface area contributed by atoms with Crippen LogP contribution < -0.4 is 0 Å². The summed E-state index contributed by atoms with van der Waals surface area (Å²) in [5, 5.41) is 2.47. The second-order valence-corrected chi connectivity index (χ2v) is 12.9. The third-order valence-corrected chi connectivity index (χ3v) is 10.0. The number of fused-ring (bicyclic) bond motifs is 5. The van der Waals surface area contributed by atoms with Crippen molar-refractivity contribution in [2.45, 2.75) is 51.4 Å². The molecule has 1 aliphatic heterocycles. The minimum Gasteiger partial charge on any atom is -0.309 e. The van der Waals surface area contributed by atoms with Gasteiger partial charge in [0.1, 0.15) is 0 Å². The van der Waals surface area contributed by atoms with E-state index in [1.807, 2.05) is 18.2 Å². The van der Waals surface area contributed by atoms with Gasteiger partial charge in [-0.3, -0.25) is 0 Å². The van der Waals surface area contributed by atoms with Gasteiger partial charge in [-0.25, -0.2) is 15.0 Å². The molecule has 43 heavy (non-hydrogen) atoms. The van der Waals surface area contributed by atoms with Gasteiger partial charge in [0, 0.05) is 38.4 Å². The molecule has 1 aliphatic carbocycles. The summed E-state index contributed by atoms with van der Waals surface area (Å²) in [6, 6.07) is 32.6. The van der Waals surface area contributed by atoms with Crippen LogP contribution in [0.4, 0.5) is 0 Å². The quantitative estimate of drug-likeness (QED) is 0.217. The molecule has 8 rings (SSSR count). The maximum absolute atomic E-state index is 5.16. The van der Waals surface area contributed by atoms with E-state index in [1.165, 1.54) is 38.6 Å². The molecule has 4 heteroatoms. The third-order valence-electron chi connectivity index (χ3n) is 10.0. The second-order valence-electron chi connectivity index (χ2n) is 12.9. The van der Waals surface area contributed by atoms with Crippen molar-refractivity contribution in [1.82, 2.24) is 19.5 Å². The molecular weight excluding hydrogens is 524 g/mol. The molecule has 0 saturated carbocycles. The fourth-order valence-electron chi connectivity index (χ4n) is 6.98. The van der Waals surface area contributed by atoms with Crippen LogP contribution in [0.2, 0.25) is 0 Å². The largest absolute Gasteiger partial charge is 0.309 e. The monoisotopic (exact) mass is 558 g/mol. The molecule has 0 fully saturated rings. The van der Waals surface area contributed by atoms with Gasteiger partial charge < -0.3 is 4.57 Å². The highest BCUT2D eigenvalue weighted by Gasteiger charge is 2.45. The van der Waals surface area contributed by atoms with Crippen LogP contribution in [0.1, 0.15) is 57.5 Å². The molecule has 4 nitrogen and oxygen atoms in total. The van der Waals surface area contributed by atoms with Crippen LogP contribution >= 0.6 is 0 Å². The van der Waals surface area contributed by atoms with Crippen molar-refractivity contribution in [1.29, 1.82) is 0 Å². The van der Waals surface area contributed by atoms with E-state index in [0.29, 0.717) is 11.6 Å². The van der Waals surface area contributed by atoms with Crippen molar-refractivity contribution in [2.24, 2.45) is 0 Å². The minimum atomic E-state index is -0.200. The molecule has 210 valence electrons. The molecule has 0 bridgehead atoms. The molecule has 0 unspecified atom stereocenters. The van der Waals surface area contributed by atoms with E-state index in [-0.39, 0.29) is 10.8 Å². The highest BCUT2D eigenvalue weighted by atomic mass is 15.0. The number of rotatable bonds is 3. The van der Waals surface area contributed by atoms with Gasteiger partial charge in [-0.05, 0) is 53.8 Å². The fraction of sp³-hybridized carbons (Fsp3) is 0.205. The molecule has 0 saturated heterocycles. The maximum Gasteiger partial charge on any atom is 0.164 e. The Balaban J connectivity index is 1.47. The minimum absolute atomic E-state index is 0.145. The molecule has 0 N–H and O–H groups in total. The van der Waals surface area contributed by atoms with E-state index < -0.39 is 0 Å². The van der Waals surface area contributed by atoms with Crippen LogP contribution in [0.3, 0.4) is 0 Å². The number of hydrogen-bond acceptors (Lipinski definition) is 3. The molecule has 2 aliphatic rings. The van der Waals surface area contributed by atoms with Crippen LogP contribution in [0.5, 0.6) is 0 Å². The van der Waals surface area contributed by atoms with Crippen molar-refractivity contribution in [3.05, 3.63) is 126 Å². The topological polar surface area (TPSA) is 43.6 Å². The van der Waals surface area contributed by atoms with E-state index in [4.69, 9.17) is 15.0 Å². The molecule has 0 spiro atoms. The Labute approximate surface area is 252 Å². The highest BCUT2D eigenvalue weighted by molar-refractivity contribution is 6.12. The molecule has 4 aromatic carbocycles. The zero-order valence-corrected chi connectivity index (χ0v) is 25.1. The average Bonchev–Trinajstić information content (AvgIpc) is 3.36. The summed E-state index contributed by atoms with van der Waals surface area (Å²) in [4.78, 5) is 15.3. The molecule has 0 radical (unpaired) electrons.